The summed E-state index contributed by atoms with van der Waals surface area (Å²) in [6.45, 7) is 1.15. The first-order valence-electron chi connectivity index (χ1n) is 10.2. The molecule has 0 unspecified atom stereocenters. The topological polar surface area (TPSA) is 67.8 Å². The summed E-state index contributed by atoms with van der Waals surface area (Å²) in [6, 6.07) is 24.5. The van der Waals surface area contributed by atoms with Gasteiger partial charge in [-0.05, 0) is 41.5 Å². The highest BCUT2D eigenvalue weighted by molar-refractivity contribution is 5.79. The first kappa shape index (κ1) is 18.9. The van der Waals surface area contributed by atoms with E-state index in [0.717, 1.165) is 40.4 Å². The summed E-state index contributed by atoms with van der Waals surface area (Å²) in [5.41, 5.74) is 6.46. The van der Waals surface area contributed by atoms with Crippen LogP contribution in [0.2, 0.25) is 0 Å². The molecule has 0 bridgehead atoms. The maximum Gasteiger partial charge on any atom is 0.146 e. The van der Waals surface area contributed by atoms with Crippen molar-refractivity contribution in [2.45, 2.75) is 13.2 Å². The van der Waals surface area contributed by atoms with Crippen LogP contribution in [-0.4, -0.2) is 19.7 Å². The van der Waals surface area contributed by atoms with Gasteiger partial charge in [0.1, 0.15) is 18.2 Å². The quantitative estimate of drug-likeness (QED) is 0.390. The molecule has 0 amide bonds. The Labute approximate surface area is 180 Å². The van der Waals surface area contributed by atoms with E-state index < -0.39 is 0 Å². The summed E-state index contributed by atoms with van der Waals surface area (Å²) in [5.74, 6) is 1.64. The maximum atomic E-state index is 5.79. The highest BCUT2D eigenvalue weighted by Crippen LogP contribution is 2.21. The van der Waals surface area contributed by atoms with E-state index in [0.29, 0.717) is 6.61 Å². The fourth-order valence-corrected chi connectivity index (χ4v) is 3.49. The zero-order valence-electron chi connectivity index (χ0n) is 17.2. The van der Waals surface area contributed by atoms with Crippen LogP contribution in [0.25, 0.3) is 22.2 Å². The number of hydrogen-bond acceptors (Lipinski definition) is 4. The van der Waals surface area contributed by atoms with Gasteiger partial charge in [-0.25, -0.2) is 4.98 Å². The molecule has 2 N–H and O–H groups in total. The lowest BCUT2D eigenvalue weighted by molar-refractivity contribution is 0.297. The number of para-hydroxylation sites is 1. The van der Waals surface area contributed by atoms with Crippen molar-refractivity contribution in [3.05, 3.63) is 96.6 Å². The van der Waals surface area contributed by atoms with E-state index in [1.54, 1.807) is 0 Å². The van der Waals surface area contributed by atoms with Gasteiger partial charge >= 0.3 is 0 Å². The number of anilines is 1. The summed E-state index contributed by atoms with van der Waals surface area (Å²) in [7, 11) is 1.93. The minimum atomic E-state index is 0.407. The second-order valence-corrected chi connectivity index (χ2v) is 7.47. The van der Waals surface area contributed by atoms with Crippen molar-refractivity contribution in [1.82, 2.24) is 19.7 Å². The third-order valence-corrected chi connectivity index (χ3v) is 5.14. The summed E-state index contributed by atoms with van der Waals surface area (Å²) in [5, 5.41) is 7.71. The Bertz CT molecular complexity index is 1290. The second kappa shape index (κ2) is 8.36. The average Bonchev–Trinajstić information content (AvgIpc) is 3.43. The zero-order valence-corrected chi connectivity index (χ0v) is 17.2. The first-order chi connectivity index (χ1) is 15.2. The van der Waals surface area contributed by atoms with E-state index in [2.05, 4.69) is 56.8 Å². The van der Waals surface area contributed by atoms with Crippen LogP contribution in [0.4, 0.5) is 5.69 Å². The molecule has 5 rings (SSSR count). The lowest BCUT2D eigenvalue weighted by Crippen LogP contribution is -1.99. The second-order valence-electron chi connectivity index (χ2n) is 7.47. The molecule has 0 atom stereocenters. The third-order valence-electron chi connectivity index (χ3n) is 5.14. The maximum absolute atomic E-state index is 5.79. The van der Waals surface area contributed by atoms with E-state index in [1.807, 2.05) is 60.5 Å². The van der Waals surface area contributed by atoms with Crippen molar-refractivity contribution in [1.29, 1.82) is 0 Å². The van der Waals surface area contributed by atoms with Gasteiger partial charge in [-0.15, -0.1) is 0 Å². The summed E-state index contributed by atoms with van der Waals surface area (Å²) >= 11 is 0. The summed E-state index contributed by atoms with van der Waals surface area (Å²) < 4.78 is 7.60. The van der Waals surface area contributed by atoms with E-state index in [4.69, 9.17) is 4.74 Å². The van der Waals surface area contributed by atoms with Gasteiger partial charge in [0.15, 0.2) is 0 Å². The molecule has 0 spiro atoms. The van der Waals surface area contributed by atoms with Gasteiger partial charge in [0.25, 0.3) is 0 Å². The summed E-state index contributed by atoms with van der Waals surface area (Å²) in [4.78, 5) is 7.98. The molecule has 2 heterocycles. The molecular formula is C25H23N5O. The van der Waals surface area contributed by atoms with Crippen LogP contribution in [0.15, 0.2) is 85.2 Å². The van der Waals surface area contributed by atoms with Crippen LogP contribution < -0.4 is 10.1 Å². The predicted molar refractivity (Wildman–Crippen MR) is 123 cm³/mol. The molecule has 31 heavy (non-hydrogen) atoms. The van der Waals surface area contributed by atoms with Crippen LogP contribution >= 0.6 is 0 Å². The number of benzene rings is 3. The number of fused-ring (bicyclic) bond motifs is 1. The molecular weight excluding hydrogens is 386 g/mol. The number of H-pyrrole nitrogens is 1. The van der Waals surface area contributed by atoms with Gasteiger partial charge in [-0.2, -0.15) is 5.10 Å². The molecule has 6 nitrogen and oxygen atoms in total. The number of nitrogens with one attached hydrogen (secondary N) is 2. The van der Waals surface area contributed by atoms with Crippen LogP contribution in [0.5, 0.6) is 5.75 Å². The van der Waals surface area contributed by atoms with Crippen molar-refractivity contribution in [2.75, 3.05) is 5.32 Å². The monoisotopic (exact) mass is 409 g/mol. The van der Waals surface area contributed by atoms with E-state index in [1.165, 1.54) is 11.1 Å². The van der Waals surface area contributed by atoms with Crippen molar-refractivity contribution < 1.29 is 4.74 Å². The molecule has 0 saturated carbocycles. The molecule has 3 aromatic carbocycles. The normalized spacial score (nSPS) is 11.0. The molecule has 154 valence electrons. The molecule has 2 aromatic heterocycles. The van der Waals surface area contributed by atoms with Gasteiger partial charge in [0.2, 0.25) is 0 Å². The molecule has 0 aliphatic rings. The Morgan fingerprint density at radius 3 is 2.58 bits per heavy atom. The van der Waals surface area contributed by atoms with Crippen LogP contribution in [0.3, 0.4) is 0 Å². The minimum Gasteiger partial charge on any atom is -0.486 e. The smallest absolute Gasteiger partial charge is 0.146 e. The molecule has 5 aromatic rings. The molecule has 6 heteroatoms. The number of nitrogens with zero attached hydrogens (tertiary/aromatic N) is 3. The van der Waals surface area contributed by atoms with Crippen molar-refractivity contribution in [2.24, 2.45) is 7.05 Å². The van der Waals surface area contributed by atoms with Crippen molar-refractivity contribution in [3.63, 3.8) is 0 Å². The van der Waals surface area contributed by atoms with Crippen molar-refractivity contribution in [3.8, 4) is 16.9 Å². The van der Waals surface area contributed by atoms with Gasteiger partial charge in [-0.1, -0.05) is 42.5 Å². The standard InChI is InChI=1S/C25H23N5O/c1-30-16-20(15-27-30)19-9-7-18(8-10-19)14-26-21-11-12-23-24(13-21)29-25(28-23)17-31-22-5-3-2-4-6-22/h2-13,15-16,26H,14,17H2,1H3,(H,28,29). The Balaban J connectivity index is 1.22. The first-order valence-corrected chi connectivity index (χ1v) is 10.2. The minimum absolute atomic E-state index is 0.407. The van der Waals surface area contributed by atoms with Gasteiger partial charge in [0.05, 0.1) is 17.2 Å². The Morgan fingerprint density at radius 2 is 1.81 bits per heavy atom. The molecule has 0 fully saturated rings. The lowest BCUT2D eigenvalue weighted by Gasteiger charge is -2.07. The highest BCUT2D eigenvalue weighted by Gasteiger charge is 2.06. The number of imidazole rings is 1. The van der Waals surface area contributed by atoms with E-state index in [9.17, 15) is 0 Å². The van der Waals surface area contributed by atoms with Gasteiger partial charge in [-0.3, -0.25) is 4.68 Å². The third kappa shape index (κ3) is 4.43. The van der Waals surface area contributed by atoms with Gasteiger partial charge in [0, 0.05) is 31.0 Å². The van der Waals surface area contributed by atoms with Crippen LogP contribution in [0, 0.1) is 0 Å². The SMILES string of the molecule is Cn1cc(-c2ccc(CNc3ccc4[nH]c(COc5ccccc5)nc4c3)cc2)cn1. The number of ether oxygens (including phenoxy) is 1. The molecule has 0 radical (unpaired) electrons. The Hall–Kier alpha value is -4.06. The van der Waals surface area contributed by atoms with E-state index in [-0.39, 0.29) is 0 Å². The molecule has 0 aliphatic carbocycles. The molecule has 0 saturated heterocycles. The number of rotatable bonds is 7. The number of aromatic amines is 1. The van der Waals surface area contributed by atoms with Gasteiger partial charge < -0.3 is 15.0 Å². The molecule has 0 aliphatic heterocycles. The van der Waals surface area contributed by atoms with Crippen LogP contribution in [0.1, 0.15) is 11.4 Å². The number of hydrogen-bond donors (Lipinski definition) is 2. The largest absolute Gasteiger partial charge is 0.486 e. The highest BCUT2D eigenvalue weighted by atomic mass is 16.5. The lowest BCUT2D eigenvalue weighted by atomic mass is 10.1. The Morgan fingerprint density at radius 1 is 0.968 bits per heavy atom. The number of aryl methyl sites for hydroxylation is 1. The summed E-state index contributed by atoms with van der Waals surface area (Å²) in [6.07, 6.45) is 3.90. The predicted octanol–water partition coefficient (Wildman–Crippen LogP) is 5.15. The van der Waals surface area contributed by atoms with Crippen molar-refractivity contribution >= 4 is 16.7 Å². The van der Waals surface area contributed by atoms with Crippen LogP contribution in [-0.2, 0) is 20.2 Å². The Kier molecular flexibility index (Phi) is 5.10. The average molecular weight is 409 g/mol. The zero-order chi connectivity index (χ0) is 21.0. The fraction of sp³-hybridized carbons (Fsp3) is 0.120. The number of aromatic nitrogens is 4. The fourth-order valence-electron chi connectivity index (χ4n) is 3.49. The van der Waals surface area contributed by atoms with E-state index >= 15 is 0 Å².